The Balaban J connectivity index is 2.07. The van der Waals surface area contributed by atoms with Crippen molar-refractivity contribution in [3.63, 3.8) is 0 Å². The summed E-state index contributed by atoms with van der Waals surface area (Å²) >= 11 is 0. The molecule has 2 heteroatoms. The maximum absolute atomic E-state index is 6.51. The third-order valence-corrected chi connectivity index (χ3v) is 6.05. The molecule has 1 aliphatic carbocycles. The Morgan fingerprint density at radius 3 is 2.75 bits per heavy atom. The van der Waals surface area contributed by atoms with Gasteiger partial charge in [0, 0.05) is 17.4 Å². The molecule has 0 fully saturated rings. The molecule has 3 rings (SSSR count). The first-order valence-corrected chi connectivity index (χ1v) is 9.41. The first kappa shape index (κ1) is 17.4. The predicted octanol–water partition coefficient (Wildman–Crippen LogP) is 5.89. The molecule has 2 nitrogen and oxygen atoms in total. The quantitative estimate of drug-likeness (QED) is 0.641. The van der Waals surface area contributed by atoms with Crippen LogP contribution in [0.5, 0.6) is 11.5 Å². The van der Waals surface area contributed by atoms with Crippen LogP contribution in [-0.2, 0) is 6.42 Å². The Morgan fingerprint density at radius 2 is 2.08 bits per heavy atom. The van der Waals surface area contributed by atoms with Crippen molar-refractivity contribution in [2.24, 2.45) is 11.8 Å². The van der Waals surface area contributed by atoms with E-state index >= 15 is 0 Å². The Hall–Kier alpha value is -1.44. The van der Waals surface area contributed by atoms with Crippen LogP contribution in [0.2, 0.25) is 0 Å². The lowest BCUT2D eigenvalue weighted by atomic mass is 9.67. The number of methoxy groups -OCH3 is 1. The lowest BCUT2D eigenvalue weighted by molar-refractivity contribution is 0.00748. The third-order valence-electron chi connectivity index (χ3n) is 6.05. The van der Waals surface area contributed by atoms with Crippen LogP contribution in [0, 0.1) is 11.8 Å². The molecule has 0 bridgehead atoms. The van der Waals surface area contributed by atoms with Crippen LogP contribution >= 0.6 is 0 Å². The van der Waals surface area contributed by atoms with Gasteiger partial charge in [0.1, 0.15) is 17.1 Å². The van der Waals surface area contributed by atoms with E-state index in [4.69, 9.17) is 9.47 Å². The minimum Gasteiger partial charge on any atom is -0.496 e. The van der Waals surface area contributed by atoms with E-state index in [1.54, 1.807) is 7.11 Å². The van der Waals surface area contributed by atoms with Gasteiger partial charge >= 0.3 is 0 Å². The molecule has 0 unspecified atom stereocenters. The highest BCUT2D eigenvalue weighted by atomic mass is 16.5. The van der Waals surface area contributed by atoms with Crippen molar-refractivity contribution in [3.05, 3.63) is 34.9 Å². The highest BCUT2D eigenvalue weighted by Gasteiger charge is 2.45. The summed E-state index contributed by atoms with van der Waals surface area (Å²) in [5.41, 5.74) is 3.99. The fourth-order valence-corrected chi connectivity index (χ4v) is 4.43. The highest BCUT2D eigenvalue weighted by Crippen LogP contribution is 2.54. The van der Waals surface area contributed by atoms with Crippen LogP contribution in [0.1, 0.15) is 70.9 Å². The summed E-state index contributed by atoms with van der Waals surface area (Å²) in [4.78, 5) is 0. The van der Waals surface area contributed by atoms with Gasteiger partial charge in [0.2, 0.25) is 0 Å². The zero-order valence-electron chi connectivity index (χ0n) is 16.1. The largest absolute Gasteiger partial charge is 0.496 e. The van der Waals surface area contributed by atoms with E-state index in [0.717, 1.165) is 30.8 Å². The van der Waals surface area contributed by atoms with Crippen molar-refractivity contribution >= 4 is 0 Å². The maximum atomic E-state index is 6.51. The summed E-state index contributed by atoms with van der Waals surface area (Å²) in [7, 11) is 1.79. The van der Waals surface area contributed by atoms with E-state index in [-0.39, 0.29) is 5.60 Å². The summed E-state index contributed by atoms with van der Waals surface area (Å²) in [5, 5.41) is 0. The lowest BCUT2D eigenvalue weighted by Crippen LogP contribution is -2.45. The Labute approximate surface area is 147 Å². The molecule has 1 aromatic carbocycles. The fraction of sp³-hybridized carbons (Fsp3) is 0.636. The van der Waals surface area contributed by atoms with E-state index in [2.05, 4.69) is 52.8 Å². The molecule has 1 aliphatic heterocycles. The van der Waals surface area contributed by atoms with Crippen LogP contribution in [-0.4, -0.2) is 12.7 Å². The van der Waals surface area contributed by atoms with Gasteiger partial charge in [-0.2, -0.15) is 0 Å². The van der Waals surface area contributed by atoms with Crippen molar-refractivity contribution < 1.29 is 9.47 Å². The number of hydrogen-bond acceptors (Lipinski definition) is 2. The topological polar surface area (TPSA) is 18.5 Å². The first-order valence-electron chi connectivity index (χ1n) is 9.41. The van der Waals surface area contributed by atoms with Crippen molar-refractivity contribution in [1.82, 2.24) is 0 Å². The predicted molar refractivity (Wildman–Crippen MR) is 100 cm³/mol. The second kappa shape index (κ2) is 6.46. The van der Waals surface area contributed by atoms with Gasteiger partial charge in [0.15, 0.2) is 0 Å². The zero-order valence-corrected chi connectivity index (χ0v) is 16.1. The van der Waals surface area contributed by atoms with Crippen molar-refractivity contribution in [2.45, 2.75) is 71.8 Å². The Bertz CT molecular complexity index is 642. The van der Waals surface area contributed by atoms with E-state index < -0.39 is 0 Å². The molecule has 24 heavy (non-hydrogen) atoms. The van der Waals surface area contributed by atoms with E-state index in [0.29, 0.717) is 17.8 Å². The molecule has 132 valence electrons. The van der Waals surface area contributed by atoms with Crippen molar-refractivity contribution in [1.29, 1.82) is 0 Å². The lowest BCUT2D eigenvalue weighted by Gasteiger charge is -2.47. The number of ether oxygens (including phenoxy) is 2. The van der Waals surface area contributed by atoms with Crippen LogP contribution in [0.25, 0.3) is 0 Å². The molecule has 0 amide bonds. The summed E-state index contributed by atoms with van der Waals surface area (Å²) < 4.78 is 12.3. The summed E-state index contributed by atoms with van der Waals surface area (Å²) in [6.45, 7) is 11.3. The first-order chi connectivity index (χ1) is 11.4. The van der Waals surface area contributed by atoms with Gasteiger partial charge in [-0.3, -0.25) is 0 Å². The van der Waals surface area contributed by atoms with Crippen LogP contribution in [0.15, 0.2) is 23.8 Å². The zero-order chi connectivity index (χ0) is 17.5. The minimum atomic E-state index is -0.130. The van der Waals surface area contributed by atoms with Gasteiger partial charge in [0.25, 0.3) is 0 Å². The van der Waals surface area contributed by atoms with Crippen molar-refractivity contribution in [3.8, 4) is 11.5 Å². The van der Waals surface area contributed by atoms with Gasteiger partial charge < -0.3 is 9.47 Å². The molecule has 0 spiro atoms. The van der Waals surface area contributed by atoms with Gasteiger partial charge in [-0.05, 0) is 63.6 Å². The molecule has 0 saturated carbocycles. The number of fused-ring (bicyclic) bond motifs is 3. The molecule has 3 atom stereocenters. The van der Waals surface area contributed by atoms with Gasteiger partial charge in [-0.15, -0.1) is 0 Å². The summed E-state index contributed by atoms with van der Waals surface area (Å²) in [5.74, 6) is 3.76. The number of benzene rings is 1. The number of allylic oxidation sites excluding steroid dienone is 2. The van der Waals surface area contributed by atoms with Gasteiger partial charge in [-0.1, -0.05) is 31.9 Å². The standard InChI is InChI=1S/C22H32O2/c1-7-14(2)10-16-12-19(23-6)21-17-11-15(3)8-9-18(17)22(4,5)24-20(21)13-16/h8,12-14,17-18H,7,9-11H2,1-6H3/t14-,17-,18-/m1/s1. The average Bonchev–Trinajstić information content (AvgIpc) is 2.52. The van der Waals surface area contributed by atoms with Gasteiger partial charge in [-0.25, -0.2) is 0 Å². The van der Waals surface area contributed by atoms with Crippen LogP contribution in [0.4, 0.5) is 0 Å². The molecular weight excluding hydrogens is 296 g/mol. The molecule has 2 aliphatic rings. The Kier molecular flexibility index (Phi) is 4.68. The summed E-state index contributed by atoms with van der Waals surface area (Å²) in [6, 6.07) is 4.52. The molecule has 0 aromatic heterocycles. The second-order valence-corrected chi connectivity index (χ2v) is 8.34. The molecule has 1 heterocycles. The molecule has 0 N–H and O–H groups in total. The highest BCUT2D eigenvalue weighted by molar-refractivity contribution is 5.53. The average molecular weight is 328 g/mol. The summed E-state index contributed by atoms with van der Waals surface area (Å²) in [6.07, 6.45) is 6.88. The minimum absolute atomic E-state index is 0.130. The second-order valence-electron chi connectivity index (χ2n) is 8.34. The molecule has 1 aromatic rings. The molecule has 0 radical (unpaired) electrons. The molecule has 0 saturated heterocycles. The number of rotatable bonds is 4. The smallest absolute Gasteiger partial charge is 0.127 e. The van der Waals surface area contributed by atoms with E-state index in [1.807, 2.05) is 0 Å². The van der Waals surface area contributed by atoms with Crippen molar-refractivity contribution in [2.75, 3.05) is 7.11 Å². The van der Waals surface area contributed by atoms with Gasteiger partial charge in [0.05, 0.1) is 7.11 Å². The van der Waals surface area contributed by atoms with Crippen LogP contribution in [0.3, 0.4) is 0 Å². The van der Waals surface area contributed by atoms with Crippen LogP contribution < -0.4 is 9.47 Å². The molecular formula is C22H32O2. The fourth-order valence-electron chi connectivity index (χ4n) is 4.43. The Morgan fingerprint density at radius 1 is 1.33 bits per heavy atom. The normalized spacial score (nSPS) is 25.8. The van der Waals surface area contributed by atoms with E-state index in [9.17, 15) is 0 Å². The number of hydrogen-bond donors (Lipinski definition) is 0. The van der Waals surface area contributed by atoms with E-state index in [1.165, 1.54) is 23.1 Å². The SMILES string of the molecule is CC[C@@H](C)Cc1cc(OC)c2c(c1)OC(C)(C)[C@@H]1CC=C(C)C[C@@H]21. The maximum Gasteiger partial charge on any atom is 0.127 e. The monoisotopic (exact) mass is 328 g/mol. The third kappa shape index (κ3) is 3.08.